The highest BCUT2D eigenvalue weighted by molar-refractivity contribution is 7.98. The highest BCUT2D eigenvalue weighted by Gasteiger charge is 2.23. The molecule has 0 amide bonds. The molecule has 0 atom stereocenters. The van der Waals surface area contributed by atoms with Gasteiger partial charge in [-0.25, -0.2) is 17.5 Å². The van der Waals surface area contributed by atoms with E-state index in [9.17, 15) is 12.8 Å². The Morgan fingerprint density at radius 3 is 2.68 bits per heavy atom. The van der Waals surface area contributed by atoms with Crippen molar-refractivity contribution in [3.63, 3.8) is 0 Å². The first kappa shape index (κ1) is 17.0. The number of hydrogen-bond acceptors (Lipinski definition) is 5. The molecule has 0 aliphatic rings. The van der Waals surface area contributed by atoms with Gasteiger partial charge in [0, 0.05) is 18.1 Å². The van der Waals surface area contributed by atoms with Crippen LogP contribution in [0.5, 0.6) is 0 Å². The van der Waals surface area contributed by atoms with Crippen molar-refractivity contribution in [2.45, 2.75) is 24.5 Å². The summed E-state index contributed by atoms with van der Waals surface area (Å²) >= 11 is 1.46. The topological polar surface area (TPSA) is 72.2 Å². The number of aromatic nitrogens is 1. The molecule has 1 N–H and O–H groups in total. The molecule has 0 aliphatic carbocycles. The van der Waals surface area contributed by atoms with Crippen LogP contribution < -0.4 is 4.72 Å². The van der Waals surface area contributed by atoms with E-state index >= 15 is 0 Å². The number of nitrogens with one attached hydrogen (secondary N) is 1. The minimum absolute atomic E-state index is 0.0894. The van der Waals surface area contributed by atoms with Crippen LogP contribution >= 0.6 is 11.8 Å². The maximum atomic E-state index is 13.4. The summed E-state index contributed by atoms with van der Waals surface area (Å²) < 4.78 is 45.1. The van der Waals surface area contributed by atoms with Gasteiger partial charge in [-0.3, -0.25) is 0 Å². The maximum Gasteiger partial charge on any atom is 0.245 e. The Morgan fingerprint density at radius 2 is 2.05 bits per heavy atom. The lowest BCUT2D eigenvalue weighted by Gasteiger charge is -2.06. The van der Waals surface area contributed by atoms with Crippen molar-refractivity contribution >= 4 is 21.8 Å². The number of nitrogens with zero attached hydrogens (tertiary/aromatic N) is 1. The number of benzene rings is 1. The number of thioether (sulfide) groups is 1. The summed E-state index contributed by atoms with van der Waals surface area (Å²) in [5.74, 6) is 1.06. The highest BCUT2D eigenvalue weighted by Crippen LogP contribution is 2.19. The van der Waals surface area contributed by atoms with Gasteiger partial charge in [0.05, 0.1) is 0 Å². The molecule has 22 heavy (non-hydrogen) atoms. The van der Waals surface area contributed by atoms with E-state index in [0.717, 1.165) is 0 Å². The molecule has 2 rings (SSSR count). The summed E-state index contributed by atoms with van der Waals surface area (Å²) in [4.78, 5) is 0.0894. The summed E-state index contributed by atoms with van der Waals surface area (Å²) in [6.07, 6.45) is 0. The van der Waals surface area contributed by atoms with Crippen LogP contribution in [-0.2, 0) is 15.8 Å². The van der Waals surface area contributed by atoms with Crippen LogP contribution in [0.25, 0.3) is 0 Å². The molecule has 1 aromatic carbocycles. The number of aryl methyl sites for hydroxylation is 2. The summed E-state index contributed by atoms with van der Waals surface area (Å²) in [5.41, 5.74) is 0.949. The zero-order chi connectivity index (χ0) is 16.2. The van der Waals surface area contributed by atoms with Crippen LogP contribution in [0.4, 0.5) is 4.39 Å². The number of sulfonamides is 1. The smallest absolute Gasteiger partial charge is 0.245 e. The highest BCUT2D eigenvalue weighted by atomic mass is 32.2. The van der Waals surface area contributed by atoms with Gasteiger partial charge in [-0.2, -0.15) is 11.8 Å². The van der Waals surface area contributed by atoms with E-state index in [1.165, 1.54) is 17.8 Å². The van der Waals surface area contributed by atoms with Crippen LogP contribution in [0.2, 0.25) is 0 Å². The number of halogens is 1. The van der Waals surface area contributed by atoms with Gasteiger partial charge in [0.1, 0.15) is 16.4 Å². The minimum Gasteiger partial charge on any atom is -0.360 e. The maximum absolute atomic E-state index is 13.4. The average Bonchev–Trinajstić information content (AvgIpc) is 2.80. The molecule has 0 unspecified atom stereocenters. The average molecular weight is 344 g/mol. The molecular weight excluding hydrogens is 327 g/mol. The molecule has 0 saturated heterocycles. The van der Waals surface area contributed by atoms with Gasteiger partial charge in [0.2, 0.25) is 10.0 Å². The second kappa shape index (κ2) is 7.26. The van der Waals surface area contributed by atoms with E-state index in [2.05, 4.69) is 9.88 Å². The Kier molecular flexibility index (Phi) is 5.60. The van der Waals surface area contributed by atoms with Crippen LogP contribution in [0.1, 0.15) is 17.0 Å². The predicted molar refractivity (Wildman–Crippen MR) is 83.7 cm³/mol. The molecular formula is C14H17FN2O3S2. The Bertz CT molecular complexity index is 725. The third-order valence-electron chi connectivity index (χ3n) is 2.99. The van der Waals surface area contributed by atoms with Gasteiger partial charge in [-0.1, -0.05) is 23.4 Å². The van der Waals surface area contributed by atoms with Gasteiger partial charge in [-0.05, 0) is 25.5 Å². The van der Waals surface area contributed by atoms with Crippen molar-refractivity contribution in [2.24, 2.45) is 0 Å². The van der Waals surface area contributed by atoms with Crippen LogP contribution in [0.15, 0.2) is 33.7 Å². The first-order chi connectivity index (χ1) is 10.4. The van der Waals surface area contributed by atoms with Crippen LogP contribution in [0.3, 0.4) is 0 Å². The Labute approximate surface area is 133 Å². The lowest BCUT2D eigenvalue weighted by Crippen LogP contribution is -2.26. The molecule has 1 aromatic heterocycles. The third-order valence-corrected chi connectivity index (χ3v) is 5.70. The van der Waals surface area contributed by atoms with E-state index in [4.69, 9.17) is 4.52 Å². The van der Waals surface area contributed by atoms with Crippen molar-refractivity contribution in [3.8, 4) is 0 Å². The quantitative estimate of drug-likeness (QED) is 0.782. The molecule has 1 heterocycles. The molecule has 0 saturated carbocycles. The van der Waals surface area contributed by atoms with Gasteiger partial charge in [0.15, 0.2) is 5.76 Å². The lowest BCUT2D eigenvalue weighted by molar-refractivity contribution is 0.390. The fraction of sp³-hybridized carbons (Fsp3) is 0.357. The van der Waals surface area contributed by atoms with Crippen molar-refractivity contribution in [1.82, 2.24) is 9.88 Å². The zero-order valence-electron chi connectivity index (χ0n) is 12.3. The second-order valence-electron chi connectivity index (χ2n) is 4.70. The molecule has 2 aromatic rings. The van der Waals surface area contributed by atoms with Crippen molar-refractivity contribution in [1.29, 1.82) is 0 Å². The van der Waals surface area contributed by atoms with Crippen molar-refractivity contribution in [2.75, 3.05) is 12.3 Å². The normalized spacial score (nSPS) is 11.8. The summed E-state index contributed by atoms with van der Waals surface area (Å²) in [6, 6.07) is 6.55. The van der Waals surface area contributed by atoms with Crippen molar-refractivity contribution < 1.29 is 17.3 Å². The molecule has 0 spiro atoms. The van der Waals surface area contributed by atoms with Gasteiger partial charge < -0.3 is 4.52 Å². The Morgan fingerprint density at radius 1 is 1.32 bits per heavy atom. The van der Waals surface area contributed by atoms with Gasteiger partial charge in [0.25, 0.3) is 0 Å². The van der Waals surface area contributed by atoms with E-state index < -0.39 is 10.0 Å². The lowest BCUT2D eigenvalue weighted by atomic mass is 10.2. The zero-order valence-corrected chi connectivity index (χ0v) is 13.9. The van der Waals surface area contributed by atoms with Crippen molar-refractivity contribution in [3.05, 3.63) is 47.1 Å². The summed E-state index contributed by atoms with van der Waals surface area (Å²) in [5, 5.41) is 3.64. The van der Waals surface area contributed by atoms with Gasteiger partial charge in [-0.15, -0.1) is 0 Å². The SMILES string of the molecule is Cc1noc(C)c1S(=O)(=O)NCCSCc1ccccc1F. The first-order valence-corrected chi connectivity index (χ1v) is 9.29. The van der Waals surface area contributed by atoms with E-state index in [-0.39, 0.29) is 23.0 Å². The minimum atomic E-state index is -3.63. The van der Waals surface area contributed by atoms with Crippen LogP contribution in [-0.4, -0.2) is 25.9 Å². The second-order valence-corrected chi connectivity index (χ2v) is 7.50. The molecule has 5 nitrogen and oxygen atoms in total. The fourth-order valence-electron chi connectivity index (χ4n) is 1.98. The van der Waals surface area contributed by atoms with E-state index in [1.54, 1.807) is 32.0 Å². The monoisotopic (exact) mass is 344 g/mol. The summed E-state index contributed by atoms with van der Waals surface area (Å²) in [7, 11) is -3.63. The number of hydrogen-bond donors (Lipinski definition) is 1. The molecule has 120 valence electrons. The van der Waals surface area contributed by atoms with Crippen LogP contribution in [0, 0.1) is 19.7 Å². The Hall–Kier alpha value is -1.38. The third kappa shape index (κ3) is 4.08. The standard InChI is InChI=1S/C14H17FN2O3S2/c1-10-14(11(2)20-17-10)22(18,19)16-7-8-21-9-12-5-3-4-6-13(12)15/h3-6,16H,7-9H2,1-2H3. The first-order valence-electron chi connectivity index (χ1n) is 6.65. The molecule has 0 radical (unpaired) electrons. The molecule has 0 fully saturated rings. The predicted octanol–water partition coefficient (Wildman–Crippen LogP) is 2.64. The van der Waals surface area contributed by atoms with E-state index in [0.29, 0.717) is 22.8 Å². The Balaban J connectivity index is 1.83. The molecule has 0 bridgehead atoms. The largest absolute Gasteiger partial charge is 0.360 e. The fourth-order valence-corrected chi connectivity index (χ4v) is 4.31. The molecule has 0 aliphatic heterocycles. The van der Waals surface area contributed by atoms with E-state index in [1.807, 2.05) is 0 Å². The summed E-state index contributed by atoms with van der Waals surface area (Å²) in [6.45, 7) is 3.39. The number of rotatable bonds is 7. The van der Waals surface area contributed by atoms with Gasteiger partial charge >= 0.3 is 0 Å². The molecule has 8 heteroatoms.